The van der Waals surface area contributed by atoms with Gasteiger partial charge in [0.15, 0.2) is 5.82 Å². The Labute approximate surface area is 124 Å². The molecule has 1 aromatic heterocycles. The van der Waals surface area contributed by atoms with Crippen molar-refractivity contribution in [3.63, 3.8) is 0 Å². The summed E-state index contributed by atoms with van der Waals surface area (Å²) in [6, 6.07) is 4.36. The molecule has 0 spiro atoms. The van der Waals surface area contributed by atoms with Crippen LogP contribution in [0.15, 0.2) is 27.2 Å². The zero-order valence-electron chi connectivity index (χ0n) is 11.0. The number of nitrogens with zero attached hydrogens (tertiary/aromatic N) is 2. The molecule has 1 heterocycles. The molecule has 1 unspecified atom stereocenters. The number of rotatable bonds is 6. The van der Waals surface area contributed by atoms with Crippen molar-refractivity contribution >= 4 is 15.9 Å². The fourth-order valence-corrected chi connectivity index (χ4v) is 1.96. The highest BCUT2D eigenvalue weighted by Crippen LogP contribution is 2.27. The molecule has 5 nitrogen and oxygen atoms in total. The summed E-state index contributed by atoms with van der Waals surface area (Å²) in [5.74, 6) is -0.0428. The van der Waals surface area contributed by atoms with Gasteiger partial charge in [0.25, 0.3) is 5.89 Å². The van der Waals surface area contributed by atoms with Gasteiger partial charge in [0, 0.05) is 6.61 Å². The monoisotopic (exact) mass is 343 g/mol. The van der Waals surface area contributed by atoms with Crippen LogP contribution >= 0.6 is 15.9 Å². The number of halogens is 2. The third-order valence-electron chi connectivity index (χ3n) is 2.60. The van der Waals surface area contributed by atoms with Gasteiger partial charge in [0.05, 0.1) is 22.7 Å². The number of nitrogens with two attached hydrogens (primary N) is 1. The van der Waals surface area contributed by atoms with Crippen molar-refractivity contribution < 1.29 is 13.7 Å². The molecule has 1 atom stereocenters. The van der Waals surface area contributed by atoms with Crippen LogP contribution in [-0.2, 0) is 4.74 Å². The summed E-state index contributed by atoms with van der Waals surface area (Å²) in [5.41, 5.74) is 6.12. The van der Waals surface area contributed by atoms with Gasteiger partial charge >= 0.3 is 0 Å². The molecule has 0 aliphatic carbocycles. The second-order valence-corrected chi connectivity index (χ2v) is 5.09. The molecule has 2 rings (SSSR count). The minimum atomic E-state index is -0.491. The Bertz CT molecular complexity index is 576. The Morgan fingerprint density at radius 2 is 2.30 bits per heavy atom. The number of benzene rings is 1. The summed E-state index contributed by atoms with van der Waals surface area (Å²) in [7, 11) is 0. The van der Waals surface area contributed by atoms with E-state index in [1.807, 2.05) is 6.92 Å². The van der Waals surface area contributed by atoms with Crippen LogP contribution in [0.1, 0.15) is 25.2 Å². The quantitative estimate of drug-likeness (QED) is 0.816. The number of hydrogen-bond donors (Lipinski definition) is 1. The Hall–Kier alpha value is -1.31. The van der Waals surface area contributed by atoms with Crippen LogP contribution in [0.5, 0.6) is 0 Å². The van der Waals surface area contributed by atoms with Crippen LogP contribution in [0, 0.1) is 5.82 Å². The lowest BCUT2D eigenvalue weighted by Gasteiger charge is -2.06. The van der Waals surface area contributed by atoms with Gasteiger partial charge in [-0.3, -0.25) is 0 Å². The van der Waals surface area contributed by atoms with Crippen LogP contribution < -0.4 is 5.73 Å². The van der Waals surface area contributed by atoms with Gasteiger partial charge in [-0.25, -0.2) is 4.39 Å². The first-order chi connectivity index (χ1) is 9.63. The largest absolute Gasteiger partial charge is 0.379 e. The molecule has 108 valence electrons. The topological polar surface area (TPSA) is 74.2 Å². The molecule has 20 heavy (non-hydrogen) atoms. The Morgan fingerprint density at radius 3 is 3.05 bits per heavy atom. The molecule has 0 saturated carbocycles. The van der Waals surface area contributed by atoms with Gasteiger partial charge < -0.3 is 15.0 Å². The van der Waals surface area contributed by atoms with E-state index in [0.29, 0.717) is 23.5 Å². The zero-order valence-corrected chi connectivity index (χ0v) is 12.6. The molecule has 0 amide bonds. The normalized spacial score (nSPS) is 12.6. The summed E-state index contributed by atoms with van der Waals surface area (Å²) in [5, 5.41) is 3.77. The number of aromatic nitrogens is 2. The maximum Gasteiger partial charge on any atom is 0.260 e. The Balaban J connectivity index is 2.14. The van der Waals surface area contributed by atoms with E-state index in [0.717, 1.165) is 6.42 Å². The lowest BCUT2D eigenvalue weighted by molar-refractivity contribution is 0.119. The molecule has 0 saturated heterocycles. The van der Waals surface area contributed by atoms with E-state index in [1.165, 1.54) is 0 Å². The van der Waals surface area contributed by atoms with Gasteiger partial charge in [0.2, 0.25) is 0 Å². The molecule has 0 aliphatic rings. The van der Waals surface area contributed by atoms with E-state index >= 15 is 0 Å². The van der Waals surface area contributed by atoms with Crippen molar-refractivity contribution in [1.29, 1.82) is 0 Å². The standard InChI is InChI=1S/C13H15BrFN3O2/c1-2-6-19-7-10(16)12-17-13(20-18-12)8-4-3-5-9(14)11(8)15/h3-5,10H,2,6-7,16H2,1H3. The summed E-state index contributed by atoms with van der Waals surface area (Å²) in [6.07, 6.45) is 0.910. The van der Waals surface area contributed by atoms with Crippen molar-refractivity contribution in [2.45, 2.75) is 19.4 Å². The van der Waals surface area contributed by atoms with Crippen LogP contribution in [0.4, 0.5) is 4.39 Å². The van der Waals surface area contributed by atoms with E-state index in [1.54, 1.807) is 18.2 Å². The van der Waals surface area contributed by atoms with Crippen molar-refractivity contribution in [2.24, 2.45) is 5.73 Å². The maximum atomic E-state index is 13.9. The van der Waals surface area contributed by atoms with E-state index in [2.05, 4.69) is 26.1 Å². The first kappa shape index (κ1) is 15.1. The van der Waals surface area contributed by atoms with Crippen molar-refractivity contribution in [1.82, 2.24) is 10.1 Å². The third-order valence-corrected chi connectivity index (χ3v) is 3.21. The van der Waals surface area contributed by atoms with Crippen molar-refractivity contribution in [3.8, 4) is 11.5 Å². The first-order valence-corrected chi connectivity index (χ1v) is 7.04. The predicted molar refractivity (Wildman–Crippen MR) is 75.4 cm³/mol. The molecule has 0 fully saturated rings. The average Bonchev–Trinajstić information content (AvgIpc) is 2.91. The van der Waals surface area contributed by atoms with E-state index in [-0.39, 0.29) is 11.5 Å². The minimum Gasteiger partial charge on any atom is -0.379 e. The molecular weight excluding hydrogens is 329 g/mol. The van der Waals surface area contributed by atoms with E-state index in [9.17, 15) is 4.39 Å². The second kappa shape index (κ2) is 6.92. The Morgan fingerprint density at radius 1 is 1.50 bits per heavy atom. The third kappa shape index (κ3) is 3.41. The average molecular weight is 344 g/mol. The summed E-state index contributed by atoms with van der Waals surface area (Å²) in [6.45, 7) is 2.93. The minimum absolute atomic E-state index is 0.102. The summed E-state index contributed by atoms with van der Waals surface area (Å²) >= 11 is 3.11. The zero-order chi connectivity index (χ0) is 14.5. The van der Waals surface area contributed by atoms with Crippen LogP contribution in [0.25, 0.3) is 11.5 Å². The van der Waals surface area contributed by atoms with Crippen molar-refractivity contribution in [2.75, 3.05) is 13.2 Å². The maximum absolute atomic E-state index is 13.9. The lowest BCUT2D eigenvalue weighted by Crippen LogP contribution is -2.18. The molecule has 1 aromatic carbocycles. The highest BCUT2D eigenvalue weighted by atomic mass is 79.9. The fraction of sp³-hybridized carbons (Fsp3) is 0.385. The fourth-order valence-electron chi connectivity index (χ4n) is 1.59. The lowest BCUT2D eigenvalue weighted by atomic mass is 10.2. The van der Waals surface area contributed by atoms with E-state index < -0.39 is 11.9 Å². The van der Waals surface area contributed by atoms with Crippen LogP contribution in [0.3, 0.4) is 0 Å². The molecule has 2 aromatic rings. The number of ether oxygens (including phenoxy) is 1. The highest BCUT2D eigenvalue weighted by molar-refractivity contribution is 9.10. The Kier molecular flexibility index (Phi) is 5.22. The van der Waals surface area contributed by atoms with Gasteiger partial charge in [-0.1, -0.05) is 18.1 Å². The molecule has 0 bridgehead atoms. The van der Waals surface area contributed by atoms with Gasteiger partial charge in [-0.05, 0) is 34.5 Å². The smallest absolute Gasteiger partial charge is 0.260 e. The van der Waals surface area contributed by atoms with Crippen LogP contribution in [-0.4, -0.2) is 23.4 Å². The van der Waals surface area contributed by atoms with Gasteiger partial charge in [0.1, 0.15) is 5.82 Å². The first-order valence-electron chi connectivity index (χ1n) is 6.24. The second-order valence-electron chi connectivity index (χ2n) is 4.24. The predicted octanol–water partition coefficient (Wildman–Crippen LogP) is 3.06. The SMILES string of the molecule is CCCOCC(N)c1noc(-c2cccc(Br)c2F)n1. The van der Waals surface area contributed by atoms with Crippen LogP contribution in [0.2, 0.25) is 0 Å². The number of hydrogen-bond acceptors (Lipinski definition) is 5. The molecule has 7 heteroatoms. The molecular formula is C13H15BrFN3O2. The van der Waals surface area contributed by atoms with Crippen molar-refractivity contribution in [3.05, 3.63) is 34.3 Å². The van der Waals surface area contributed by atoms with E-state index in [4.69, 9.17) is 15.0 Å². The highest BCUT2D eigenvalue weighted by Gasteiger charge is 2.18. The summed E-state index contributed by atoms with van der Waals surface area (Å²) in [4.78, 5) is 4.12. The molecule has 0 radical (unpaired) electrons. The summed E-state index contributed by atoms with van der Waals surface area (Å²) < 4.78 is 24.6. The molecule has 0 aliphatic heterocycles. The van der Waals surface area contributed by atoms with Gasteiger partial charge in [-0.2, -0.15) is 4.98 Å². The molecule has 2 N–H and O–H groups in total. The van der Waals surface area contributed by atoms with Gasteiger partial charge in [-0.15, -0.1) is 0 Å².